The Balaban J connectivity index is 1.21. The molecule has 0 unspecified atom stereocenters. The van der Waals surface area contributed by atoms with Gasteiger partial charge in [-0.1, -0.05) is 26.8 Å². The number of carbonyl (C=O) groups is 1. The second kappa shape index (κ2) is 11.7. The maximum atomic E-state index is 13.4. The number of aromatic nitrogens is 2. The van der Waals surface area contributed by atoms with Gasteiger partial charge in [0.25, 0.3) is 5.91 Å². The van der Waals surface area contributed by atoms with E-state index >= 15 is 0 Å². The summed E-state index contributed by atoms with van der Waals surface area (Å²) in [5.41, 5.74) is 3.10. The summed E-state index contributed by atoms with van der Waals surface area (Å²) < 4.78 is 30.8. The fourth-order valence-corrected chi connectivity index (χ4v) is 6.12. The van der Waals surface area contributed by atoms with Gasteiger partial charge in [0.15, 0.2) is 11.5 Å². The standard InChI is InChI=1S/C33H39FN4O5/c1-32(2,3)14-21-11-23-25(15-33(9-4-10-33)43-31(23)37-16-21)35-18-26(39)24(38-30(40)22-6-8-29(34)36-17-22)12-20-5-7-27-28(13-20)42-19-41-27/h5-8,11,13,16-17,24-26,35,39H,4,9-10,12,14-15,18-19H2,1-3H3,(H,38,40)/t24-,25-,26+/m0/s1. The molecular formula is C33H39FN4O5. The van der Waals surface area contributed by atoms with Crippen LogP contribution in [0.15, 0.2) is 48.8 Å². The zero-order valence-corrected chi connectivity index (χ0v) is 24.9. The molecule has 1 fully saturated rings. The SMILES string of the molecule is CC(C)(C)Cc1cnc2c(c1)[C@@H](NC[C@@H](O)[C@H](Cc1ccc3c(c1)OCO3)NC(=O)c1ccc(F)nc1)CC1(CCC1)O2. The predicted octanol–water partition coefficient (Wildman–Crippen LogP) is 4.67. The van der Waals surface area contributed by atoms with Crippen molar-refractivity contribution in [3.63, 3.8) is 0 Å². The highest BCUT2D eigenvalue weighted by atomic mass is 19.1. The lowest BCUT2D eigenvalue weighted by Crippen LogP contribution is -2.52. The largest absolute Gasteiger partial charge is 0.471 e. The van der Waals surface area contributed by atoms with Crippen LogP contribution < -0.4 is 24.8 Å². The number of benzene rings is 1. The Morgan fingerprint density at radius 1 is 1.09 bits per heavy atom. The number of aliphatic hydroxyl groups is 1. The van der Waals surface area contributed by atoms with E-state index in [1.807, 2.05) is 24.4 Å². The first-order chi connectivity index (χ1) is 20.6. The number of carbonyl (C=O) groups excluding carboxylic acids is 1. The zero-order chi connectivity index (χ0) is 30.2. The van der Waals surface area contributed by atoms with Gasteiger partial charge in [-0.2, -0.15) is 4.39 Å². The summed E-state index contributed by atoms with van der Waals surface area (Å²) in [5, 5.41) is 18.1. The number of aliphatic hydroxyl groups excluding tert-OH is 1. The van der Waals surface area contributed by atoms with E-state index in [-0.39, 0.29) is 36.0 Å². The molecule has 1 aliphatic carbocycles. The molecule has 3 N–H and O–H groups in total. The van der Waals surface area contributed by atoms with E-state index in [9.17, 15) is 14.3 Å². The first-order valence-electron chi connectivity index (χ1n) is 15.0. The Morgan fingerprint density at radius 2 is 1.91 bits per heavy atom. The van der Waals surface area contributed by atoms with Crippen LogP contribution in [0.1, 0.15) is 79.5 Å². The van der Waals surface area contributed by atoms with Crippen LogP contribution in [-0.4, -0.2) is 52.1 Å². The Labute approximate surface area is 251 Å². The summed E-state index contributed by atoms with van der Waals surface area (Å²) in [4.78, 5) is 21.4. The first kappa shape index (κ1) is 29.3. The molecule has 0 saturated heterocycles. The Morgan fingerprint density at radius 3 is 2.63 bits per heavy atom. The van der Waals surface area contributed by atoms with E-state index in [4.69, 9.17) is 19.2 Å². The molecular weight excluding hydrogens is 551 g/mol. The van der Waals surface area contributed by atoms with E-state index in [1.54, 1.807) is 0 Å². The summed E-state index contributed by atoms with van der Waals surface area (Å²) in [5.74, 6) is 0.828. The van der Waals surface area contributed by atoms with Gasteiger partial charge in [-0.05, 0) is 79.0 Å². The van der Waals surface area contributed by atoms with E-state index in [0.717, 1.165) is 54.9 Å². The highest BCUT2D eigenvalue weighted by molar-refractivity contribution is 5.94. The Bertz CT molecular complexity index is 1470. The van der Waals surface area contributed by atoms with Gasteiger partial charge in [-0.15, -0.1) is 0 Å². The molecule has 9 nitrogen and oxygen atoms in total. The average molecular weight is 591 g/mol. The van der Waals surface area contributed by atoms with Crippen LogP contribution in [0.3, 0.4) is 0 Å². The highest BCUT2D eigenvalue weighted by Crippen LogP contribution is 2.48. The third kappa shape index (κ3) is 6.75. The number of nitrogens with one attached hydrogen (secondary N) is 2. The van der Waals surface area contributed by atoms with Crippen molar-refractivity contribution in [2.45, 2.75) is 83.1 Å². The van der Waals surface area contributed by atoms with E-state index < -0.39 is 24.0 Å². The number of hydrogen-bond acceptors (Lipinski definition) is 8. The van der Waals surface area contributed by atoms with Crippen molar-refractivity contribution in [2.75, 3.05) is 13.3 Å². The molecule has 0 bridgehead atoms. The van der Waals surface area contributed by atoms with Gasteiger partial charge in [-0.3, -0.25) is 4.79 Å². The third-order valence-electron chi connectivity index (χ3n) is 8.44. The number of rotatable bonds is 9. The van der Waals surface area contributed by atoms with Crippen molar-refractivity contribution < 1.29 is 28.5 Å². The summed E-state index contributed by atoms with van der Waals surface area (Å²) in [7, 11) is 0. The average Bonchev–Trinajstić information content (AvgIpc) is 3.42. The number of fused-ring (bicyclic) bond motifs is 2. The number of nitrogens with zero attached hydrogens (tertiary/aromatic N) is 2. The molecule has 228 valence electrons. The van der Waals surface area contributed by atoms with Gasteiger partial charge >= 0.3 is 0 Å². The van der Waals surface area contributed by atoms with Crippen molar-refractivity contribution in [1.29, 1.82) is 0 Å². The molecule has 1 amide bonds. The lowest BCUT2D eigenvalue weighted by Gasteiger charge is -2.47. The lowest BCUT2D eigenvalue weighted by molar-refractivity contribution is -0.0421. The molecule has 4 heterocycles. The molecule has 3 aromatic rings. The number of pyridine rings is 2. The molecule has 1 saturated carbocycles. The summed E-state index contributed by atoms with van der Waals surface area (Å²) in [6, 6.07) is 9.55. The van der Waals surface area contributed by atoms with Gasteiger partial charge in [0.05, 0.1) is 17.7 Å². The molecule has 2 aromatic heterocycles. The molecule has 10 heteroatoms. The van der Waals surface area contributed by atoms with Crippen LogP contribution >= 0.6 is 0 Å². The van der Waals surface area contributed by atoms with Crippen molar-refractivity contribution in [3.8, 4) is 17.4 Å². The number of amides is 1. The predicted molar refractivity (Wildman–Crippen MR) is 158 cm³/mol. The number of ether oxygens (including phenoxy) is 3. The van der Waals surface area contributed by atoms with Crippen LogP contribution in [0.25, 0.3) is 0 Å². The van der Waals surface area contributed by atoms with E-state index in [0.29, 0.717) is 23.8 Å². The molecule has 3 atom stereocenters. The van der Waals surface area contributed by atoms with Crippen molar-refractivity contribution in [3.05, 3.63) is 77.0 Å². The topological polar surface area (TPSA) is 115 Å². The van der Waals surface area contributed by atoms with Crippen LogP contribution in [0.5, 0.6) is 17.4 Å². The minimum Gasteiger partial charge on any atom is -0.471 e. The van der Waals surface area contributed by atoms with Gasteiger partial charge in [0.1, 0.15) is 5.60 Å². The first-order valence-corrected chi connectivity index (χ1v) is 15.0. The Kier molecular flexibility index (Phi) is 8.00. The summed E-state index contributed by atoms with van der Waals surface area (Å²) in [6.45, 7) is 6.99. The van der Waals surface area contributed by atoms with Crippen molar-refractivity contribution in [2.24, 2.45) is 5.41 Å². The van der Waals surface area contributed by atoms with Gasteiger partial charge in [-0.25, -0.2) is 9.97 Å². The molecule has 6 rings (SSSR count). The monoisotopic (exact) mass is 590 g/mol. The van der Waals surface area contributed by atoms with Gasteiger partial charge in [0, 0.05) is 37.0 Å². The second-order valence-corrected chi connectivity index (χ2v) is 13.2. The smallest absolute Gasteiger partial charge is 0.253 e. The minimum absolute atomic E-state index is 0.0608. The molecule has 2 aliphatic heterocycles. The van der Waals surface area contributed by atoms with E-state index in [1.165, 1.54) is 12.3 Å². The molecule has 1 aromatic carbocycles. The fourth-order valence-electron chi connectivity index (χ4n) is 6.12. The highest BCUT2D eigenvalue weighted by Gasteiger charge is 2.46. The second-order valence-electron chi connectivity index (χ2n) is 13.2. The van der Waals surface area contributed by atoms with Crippen molar-refractivity contribution in [1.82, 2.24) is 20.6 Å². The van der Waals surface area contributed by atoms with Crippen LogP contribution in [-0.2, 0) is 12.8 Å². The van der Waals surface area contributed by atoms with Gasteiger partial charge in [0.2, 0.25) is 18.6 Å². The Hall–Kier alpha value is -3.76. The fraction of sp³-hybridized carbons (Fsp3) is 0.485. The summed E-state index contributed by atoms with van der Waals surface area (Å²) >= 11 is 0. The van der Waals surface area contributed by atoms with Crippen molar-refractivity contribution >= 4 is 5.91 Å². The molecule has 0 radical (unpaired) electrons. The molecule has 1 spiro atoms. The van der Waals surface area contributed by atoms with Gasteiger partial charge < -0.3 is 30.0 Å². The van der Waals surface area contributed by atoms with Crippen LogP contribution in [0.2, 0.25) is 0 Å². The van der Waals surface area contributed by atoms with Crippen LogP contribution in [0.4, 0.5) is 4.39 Å². The number of halogens is 1. The minimum atomic E-state index is -0.947. The lowest BCUT2D eigenvalue weighted by atomic mass is 9.73. The quantitative estimate of drug-likeness (QED) is 0.308. The van der Waals surface area contributed by atoms with E-state index in [2.05, 4.69) is 42.5 Å². The normalized spacial score (nSPS) is 19.6. The molecule has 3 aliphatic rings. The number of hydrogen-bond donors (Lipinski definition) is 3. The molecule has 43 heavy (non-hydrogen) atoms. The van der Waals surface area contributed by atoms with Crippen LogP contribution in [0, 0.1) is 11.4 Å². The third-order valence-corrected chi connectivity index (χ3v) is 8.44. The zero-order valence-electron chi connectivity index (χ0n) is 24.9. The summed E-state index contributed by atoms with van der Waals surface area (Å²) in [6.07, 6.45) is 7.24. The maximum Gasteiger partial charge on any atom is 0.253 e. The maximum absolute atomic E-state index is 13.4.